The highest BCUT2D eigenvalue weighted by atomic mass is 32.1. The van der Waals surface area contributed by atoms with Crippen molar-refractivity contribution in [3.63, 3.8) is 0 Å². The number of amides is 1. The van der Waals surface area contributed by atoms with Gasteiger partial charge in [0.25, 0.3) is 5.91 Å². The van der Waals surface area contributed by atoms with E-state index in [1.54, 1.807) is 24.1 Å². The van der Waals surface area contributed by atoms with Crippen LogP contribution in [-0.4, -0.2) is 24.6 Å². The first kappa shape index (κ1) is 20.9. The molecule has 1 heterocycles. The van der Waals surface area contributed by atoms with Gasteiger partial charge in [-0.3, -0.25) is 9.69 Å². The summed E-state index contributed by atoms with van der Waals surface area (Å²) in [5.41, 5.74) is 2.84. The van der Waals surface area contributed by atoms with Crippen molar-refractivity contribution in [2.45, 2.75) is 19.8 Å². The molecule has 1 aromatic heterocycles. The lowest BCUT2D eigenvalue weighted by atomic mass is 10.0. The predicted molar refractivity (Wildman–Crippen MR) is 126 cm³/mol. The van der Waals surface area contributed by atoms with Crippen molar-refractivity contribution in [3.05, 3.63) is 78.4 Å². The quantitative estimate of drug-likeness (QED) is 0.350. The van der Waals surface area contributed by atoms with Crippen LogP contribution in [0, 0.1) is 0 Å². The molecule has 0 saturated heterocycles. The average molecular weight is 433 g/mol. The largest absolute Gasteiger partial charge is 0.493 e. The third kappa shape index (κ3) is 4.54. The molecule has 0 spiro atoms. The Labute approximate surface area is 185 Å². The minimum Gasteiger partial charge on any atom is -0.493 e. The minimum absolute atomic E-state index is 0.137. The molecular formula is C25H24N2O3S. The highest BCUT2D eigenvalue weighted by Gasteiger charge is 2.23. The fourth-order valence-electron chi connectivity index (χ4n) is 3.27. The van der Waals surface area contributed by atoms with Gasteiger partial charge in [0, 0.05) is 0 Å². The fraction of sp³-hybridized carbons (Fsp3) is 0.200. The van der Waals surface area contributed by atoms with E-state index in [1.165, 1.54) is 16.9 Å². The molecule has 0 aliphatic heterocycles. The fourth-order valence-corrected chi connectivity index (χ4v) is 4.27. The molecule has 1 amide bonds. The third-order valence-corrected chi connectivity index (χ3v) is 5.98. The van der Waals surface area contributed by atoms with Gasteiger partial charge in [0.15, 0.2) is 23.2 Å². The molecule has 0 bridgehead atoms. The summed E-state index contributed by atoms with van der Waals surface area (Å²) in [5.74, 6) is 1.32. The third-order valence-electron chi connectivity index (χ3n) is 4.96. The van der Waals surface area contributed by atoms with Crippen LogP contribution in [0.25, 0.3) is 10.2 Å². The van der Waals surface area contributed by atoms with Crippen molar-refractivity contribution in [1.82, 2.24) is 4.98 Å². The molecule has 158 valence electrons. The monoisotopic (exact) mass is 432 g/mol. The number of aromatic nitrogens is 1. The second-order valence-electron chi connectivity index (χ2n) is 7.38. The lowest BCUT2D eigenvalue weighted by Crippen LogP contribution is -2.31. The zero-order valence-electron chi connectivity index (χ0n) is 17.7. The molecule has 4 rings (SSSR count). The molecule has 0 unspecified atom stereocenters. The molecule has 0 fully saturated rings. The van der Waals surface area contributed by atoms with Gasteiger partial charge in [-0.25, -0.2) is 4.98 Å². The molecule has 0 atom stereocenters. The summed E-state index contributed by atoms with van der Waals surface area (Å²) in [5, 5.41) is 0.618. The van der Waals surface area contributed by atoms with Gasteiger partial charge >= 0.3 is 0 Å². The molecule has 0 saturated carbocycles. The zero-order chi connectivity index (χ0) is 21.8. The molecule has 0 radical (unpaired) electrons. The number of para-hydroxylation sites is 3. The summed E-state index contributed by atoms with van der Waals surface area (Å²) >= 11 is 1.48. The van der Waals surface area contributed by atoms with E-state index < -0.39 is 0 Å². The summed E-state index contributed by atoms with van der Waals surface area (Å²) in [6.07, 6.45) is 0. The van der Waals surface area contributed by atoms with Crippen molar-refractivity contribution in [3.8, 4) is 11.5 Å². The van der Waals surface area contributed by atoms with Gasteiger partial charge in [0.1, 0.15) is 0 Å². The van der Waals surface area contributed by atoms with Crippen LogP contribution in [0.15, 0.2) is 72.8 Å². The Morgan fingerprint density at radius 1 is 0.968 bits per heavy atom. The molecular weight excluding hydrogens is 408 g/mol. The highest BCUT2D eigenvalue weighted by molar-refractivity contribution is 7.22. The van der Waals surface area contributed by atoms with Crippen LogP contribution in [0.3, 0.4) is 0 Å². The molecule has 0 aliphatic carbocycles. The molecule has 6 heteroatoms. The van der Waals surface area contributed by atoms with Gasteiger partial charge < -0.3 is 9.47 Å². The Morgan fingerprint density at radius 2 is 1.65 bits per heavy atom. The minimum atomic E-state index is -0.206. The molecule has 0 aliphatic rings. The van der Waals surface area contributed by atoms with Crippen LogP contribution >= 0.6 is 11.3 Å². The van der Waals surface area contributed by atoms with Crippen LogP contribution in [0.5, 0.6) is 11.5 Å². The maximum Gasteiger partial charge on any atom is 0.271 e. The number of carbonyl (C=O) groups is 1. The maximum absolute atomic E-state index is 13.3. The number of fused-ring (bicyclic) bond motifs is 1. The van der Waals surface area contributed by atoms with Crippen molar-refractivity contribution >= 4 is 38.3 Å². The number of methoxy groups -OCH3 is 1. The highest BCUT2D eigenvalue weighted by Crippen LogP contribution is 2.34. The van der Waals surface area contributed by atoms with E-state index >= 15 is 0 Å². The molecule has 3 aromatic carbocycles. The van der Waals surface area contributed by atoms with Crippen LogP contribution in [0.4, 0.5) is 10.8 Å². The number of anilines is 2. The first-order chi connectivity index (χ1) is 15.1. The summed E-state index contributed by atoms with van der Waals surface area (Å²) < 4.78 is 12.2. The summed E-state index contributed by atoms with van der Waals surface area (Å²) in [6.45, 7) is 4.15. The summed E-state index contributed by atoms with van der Waals surface area (Å²) in [6, 6.07) is 23.2. The molecule has 4 aromatic rings. The van der Waals surface area contributed by atoms with E-state index in [0.29, 0.717) is 22.5 Å². The Hall–Kier alpha value is -3.38. The normalized spacial score (nSPS) is 11.0. The second kappa shape index (κ2) is 9.18. The molecule has 31 heavy (non-hydrogen) atoms. The van der Waals surface area contributed by atoms with Crippen molar-refractivity contribution in [2.75, 3.05) is 18.6 Å². The zero-order valence-corrected chi connectivity index (χ0v) is 18.6. The van der Waals surface area contributed by atoms with Gasteiger partial charge in [-0.1, -0.05) is 61.6 Å². The van der Waals surface area contributed by atoms with E-state index in [1.807, 2.05) is 48.5 Å². The number of nitrogens with zero attached hydrogens (tertiary/aromatic N) is 2. The first-order valence-corrected chi connectivity index (χ1v) is 10.9. The Balaban J connectivity index is 1.66. The Kier molecular flexibility index (Phi) is 6.18. The van der Waals surface area contributed by atoms with E-state index in [4.69, 9.17) is 14.5 Å². The second-order valence-corrected chi connectivity index (χ2v) is 8.39. The van der Waals surface area contributed by atoms with Gasteiger partial charge in [-0.05, 0) is 47.9 Å². The number of rotatable bonds is 7. The maximum atomic E-state index is 13.3. The average Bonchev–Trinajstić information content (AvgIpc) is 3.22. The Bertz CT molecular complexity index is 1150. The summed E-state index contributed by atoms with van der Waals surface area (Å²) in [4.78, 5) is 19.7. The Morgan fingerprint density at radius 3 is 2.32 bits per heavy atom. The van der Waals surface area contributed by atoms with Crippen LogP contribution < -0.4 is 14.4 Å². The number of ether oxygens (including phenoxy) is 2. The van der Waals surface area contributed by atoms with Gasteiger partial charge in [-0.2, -0.15) is 0 Å². The topological polar surface area (TPSA) is 51.7 Å². The standard InChI is InChI=1S/C25H24N2O3S/c1-17(2)18-12-14-19(15-13-18)27(25-26-20-8-4-7-11-23(20)31-25)24(28)16-30-22-10-6-5-9-21(22)29-3/h4-15,17H,16H2,1-3H3. The van der Waals surface area contributed by atoms with E-state index in [-0.39, 0.29) is 12.5 Å². The number of hydrogen-bond donors (Lipinski definition) is 0. The van der Waals surface area contributed by atoms with Crippen molar-refractivity contribution in [2.24, 2.45) is 0 Å². The lowest BCUT2D eigenvalue weighted by Gasteiger charge is -2.21. The van der Waals surface area contributed by atoms with Crippen LogP contribution in [-0.2, 0) is 4.79 Å². The number of hydrogen-bond acceptors (Lipinski definition) is 5. The summed E-state index contributed by atoms with van der Waals surface area (Å²) in [7, 11) is 1.58. The van der Waals surface area contributed by atoms with Gasteiger partial charge in [0.2, 0.25) is 0 Å². The number of carbonyl (C=O) groups excluding carboxylic acids is 1. The van der Waals surface area contributed by atoms with Gasteiger partial charge in [0.05, 0.1) is 23.0 Å². The van der Waals surface area contributed by atoms with Gasteiger partial charge in [-0.15, -0.1) is 0 Å². The lowest BCUT2D eigenvalue weighted by molar-refractivity contribution is -0.119. The van der Waals surface area contributed by atoms with Crippen LogP contribution in [0.2, 0.25) is 0 Å². The van der Waals surface area contributed by atoms with Crippen LogP contribution in [0.1, 0.15) is 25.3 Å². The van der Waals surface area contributed by atoms with E-state index in [0.717, 1.165) is 15.9 Å². The van der Waals surface area contributed by atoms with Crippen molar-refractivity contribution in [1.29, 1.82) is 0 Å². The molecule has 5 nitrogen and oxygen atoms in total. The van der Waals surface area contributed by atoms with Crippen molar-refractivity contribution < 1.29 is 14.3 Å². The smallest absolute Gasteiger partial charge is 0.271 e. The predicted octanol–water partition coefficient (Wildman–Crippen LogP) is 6.17. The first-order valence-electron chi connectivity index (χ1n) is 10.1. The SMILES string of the molecule is COc1ccccc1OCC(=O)N(c1ccc(C(C)C)cc1)c1nc2ccccc2s1. The number of benzene rings is 3. The van der Waals surface area contributed by atoms with E-state index in [9.17, 15) is 4.79 Å². The van der Waals surface area contributed by atoms with E-state index in [2.05, 4.69) is 26.0 Å². The number of thiazole rings is 1. The molecule has 0 N–H and O–H groups in total.